The van der Waals surface area contributed by atoms with E-state index in [1.54, 1.807) is 48.5 Å². The highest BCUT2D eigenvalue weighted by Gasteiger charge is 2.31. The van der Waals surface area contributed by atoms with Crippen LogP contribution in [0.25, 0.3) is 0 Å². The van der Waals surface area contributed by atoms with Gasteiger partial charge in [-0.2, -0.15) is 0 Å². The minimum Gasteiger partial charge on any atom is -0.480 e. The number of unbranched alkanes of at least 4 members (excludes halogenated alkanes) is 1. The number of hydrogen-bond acceptors (Lipinski definition) is 11. The molecule has 0 radical (unpaired) electrons. The van der Waals surface area contributed by atoms with Gasteiger partial charge in [0.15, 0.2) is 11.5 Å². The van der Waals surface area contributed by atoms with E-state index in [0.717, 1.165) is 6.42 Å². The van der Waals surface area contributed by atoms with Crippen molar-refractivity contribution in [3.8, 4) is 11.5 Å². The highest BCUT2D eigenvalue weighted by atomic mass is 16.8. The molecule has 220 valence electrons. The predicted molar refractivity (Wildman–Crippen MR) is 140 cm³/mol. The van der Waals surface area contributed by atoms with Crippen LogP contribution in [0.1, 0.15) is 86.1 Å². The first kappa shape index (κ1) is 33.5. The molecule has 0 bridgehead atoms. The van der Waals surface area contributed by atoms with Crippen LogP contribution in [0.4, 0.5) is 14.4 Å². The van der Waals surface area contributed by atoms with Crippen LogP contribution in [-0.2, 0) is 23.7 Å². The van der Waals surface area contributed by atoms with Crippen LogP contribution >= 0.6 is 0 Å². The average Bonchev–Trinajstić information content (AvgIpc) is 2.75. The van der Waals surface area contributed by atoms with Crippen LogP contribution in [0.3, 0.4) is 0 Å². The molecule has 0 aromatic heterocycles. The molecule has 3 N–H and O–H groups in total. The van der Waals surface area contributed by atoms with E-state index in [2.05, 4.69) is 0 Å². The lowest BCUT2D eigenvalue weighted by molar-refractivity contribution is -0.139. The zero-order valence-electron chi connectivity index (χ0n) is 23.9. The van der Waals surface area contributed by atoms with Crippen LogP contribution in [0, 0.1) is 0 Å². The second-order valence-corrected chi connectivity index (χ2v) is 10.9. The molecule has 0 spiro atoms. The fraction of sp³-hybridized carbons (Fsp3) is 0.630. The van der Waals surface area contributed by atoms with Crippen molar-refractivity contribution in [2.75, 3.05) is 6.61 Å². The molecule has 0 aliphatic heterocycles. The summed E-state index contributed by atoms with van der Waals surface area (Å²) >= 11 is 0. The Morgan fingerprint density at radius 3 is 1.92 bits per heavy atom. The topological polar surface area (TPSA) is 170 Å². The third-order valence-corrected chi connectivity index (χ3v) is 4.88. The Bertz CT molecular complexity index is 994. The van der Waals surface area contributed by atoms with E-state index >= 15 is 0 Å². The summed E-state index contributed by atoms with van der Waals surface area (Å²) < 4.78 is 31.2. The number of ether oxygens (including phenoxy) is 6. The molecule has 12 nitrogen and oxygen atoms in total. The van der Waals surface area contributed by atoms with Crippen LogP contribution in [0.2, 0.25) is 0 Å². The number of carboxylic acid groups (broad SMARTS) is 1. The van der Waals surface area contributed by atoms with Gasteiger partial charge in [0, 0.05) is 5.92 Å². The minimum absolute atomic E-state index is 0.00546. The molecule has 0 fully saturated rings. The van der Waals surface area contributed by atoms with E-state index in [0.29, 0.717) is 12.0 Å². The van der Waals surface area contributed by atoms with Crippen molar-refractivity contribution in [1.29, 1.82) is 0 Å². The van der Waals surface area contributed by atoms with Gasteiger partial charge in [0.2, 0.25) is 0 Å². The van der Waals surface area contributed by atoms with Gasteiger partial charge in [0.05, 0.1) is 6.61 Å². The van der Waals surface area contributed by atoms with Gasteiger partial charge in [-0.05, 0) is 79.0 Å². The summed E-state index contributed by atoms with van der Waals surface area (Å²) in [6, 6.07) is 2.66. The molecule has 0 amide bonds. The SMILES string of the molecule is CCCCOC(=O)OC(C)CC(c1ccc(OC(=O)OC(C)(C)C)c(OC(=O)OC(C)(C)C)c1)[C@H](N)C(=O)O. The highest BCUT2D eigenvalue weighted by molar-refractivity contribution is 5.75. The molecule has 0 saturated heterocycles. The Hall–Kier alpha value is -3.54. The van der Waals surface area contributed by atoms with Gasteiger partial charge >= 0.3 is 24.4 Å². The molecule has 12 heteroatoms. The van der Waals surface area contributed by atoms with Crippen molar-refractivity contribution in [3.05, 3.63) is 23.8 Å². The van der Waals surface area contributed by atoms with E-state index in [1.807, 2.05) is 6.92 Å². The quantitative estimate of drug-likeness (QED) is 0.151. The summed E-state index contributed by atoms with van der Waals surface area (Å²) in [5.74, 6) is -2.62. The minimum atomic E-state index is -1.42. The van der Waals surface area contributed by atoms with E-state index in [-0.39, 0.29) is 24.5 Å². The summed E-state index contributed by atoms with van der Waals surface area (Å²) in [4.78, 5) is 48.5. The van der Waals surface area contributed by atoms with Crippen molar-refractivity contribution < 1.29 is 52.7 Å². The number of carbonyl (C=O) groups excluding carboxylic acids is 3. The zero-order valence-corrected chi connectivity index (χ0v) is 23.9. The van der Waals surface area contributed by atoms with Gasteiger partial charge in [0.1, 0.15) is 23.3 Å². The summed E-state index contributed by atoms with van der Waals surface area (Å²) in [6.45, 7) is 13.6. The molecule has 1 aromatic rings. The molecule has 0 heterocycles. The summed E-state index contributed by atoms with van der Waals surface area (Å²) in [5, 5.41) is 9.63. The normalized spacial score (nSPS) is 13.9. The lowest BCUT2D eigenvalue weighted by Gasteiger charge is -2.25. The molecule has 3 atom stereocenters. The van der Waals surface area contributed by atoms with Gasteiger partial charge in [0.25, 0.3) is 0 Å². The second-order valence-electron chi connectivity index (χ2n) is 10.9. The molecule has 39 heavy (non-hydrogen) atoms. The van der Waals surface area contributed by atoms with Crippen LogP contribution < -0.4 is 15.2 Å². The highest BCUT2D eigenvalue weighted by Crippen LogP contribution is 2.35. The van der Waals surface area contributed by atoms with Crippen molar-refractivity contribution in [2.45, 2.75) is 104 Å². The predicted octanol–water partition coefficient (Wildman–Crippen LogP) is 5.54. The number of carbonyl (C=O) groups is 4. The first-order valence-corrected chi connectivity index (χ1v) is 12.7. The van der Waals surface area contributed by atoms with Crippen molar-refractivity contribution in [2.24, 2.45) is 5.73 Å². The van der Waals surface area contributed by atoms with Gasteiger partial charge in [-0.3, -0.25) is 4.79 Å². The van der Waals surface area contributed by atoms with E-state index in [9.17, 15) is 24.3 Å². The van der Waals surface area contributed by atoms with Gasteiger partial charge in [-0.25, -0.2) is 14.4 Å². The Morgan fingerprint density at radius 2 is 1.44 bits per heavy atom. The van der Waals surface area contributed by atoms with E-state index in [4.69, 9.17) is 34.2 Å². The lowest BCUT2D eigenvalue weighted by atomic mass is 9.87. The van der Waals surface area contributed by atoms with E-state index < -0.39 is 53.7 Å². The summed E-state index contributed by atoms with van der Waals surface area (Å²) in [5.41, 5.74) is 4.57. The third-order valence-electron chi connectivity index (χ3n) is 4.88. The molecule has 1 rings (SSSR count). The maximum Gasteiger partial charge on any atom is 0.514 e. The Labute approximate surface area is 229 Å². The molecule has 0 aliphatic rings. The number of carboxylic acids is 1. The Balaban J connectivity index is 3.32. The molecule has 0 aliphatic carbocycles. The number of aliphatic carboxylic acids is 1. The number of nitrogens with two attached hydrogens (primary N) is 1. The average molecular weight is 556 g/mol. The summed E-state index contributed by atoms with van der Waals surface area (Å²) in [7, 11) is 0. The fourth-order valence-corrected chi connectivity index (χ4v) is 3.21. The maximum atomic E-state index is 12.4. The molecule has 1 aromatic carbocycles. The third kappa shape index (κ3) is 13.2. The molecular formula is C27H41NO11. The lowest BCUT2D eigenvalue weighted by Crippen LogP contribution is -2.38. The number of rotatable bonds is 11. The Morgan fingerprint density at radius 1 is 0.897 bits per heavy atom. The van der Waals surface area contributed by atoms with Gasteiger partial charge < -0.3 is 39.3 Å². The monoisotopic (exact) mass is 555 g/mol. The van der Waals surface area contributed by atoms with Crippen LogP contribution in [-0.4, -0.2) is 59.5 Å². The molecular weight excluding hydrogens is 514 g/mol. The second kappa shape index (κ2) is 14.6. The summed E-state index contributed by atoms with van der Waals surface area (Å²) in [6.07, 6.45) is -2.29. The van der Waals surface area contributed by atoms with Crippen molar-refractivity contribution in [1.82, 2.24) is 0 Å². The first-order valence-electron chi connectivity index (χ1n) is 12.7. The van der Waals surface area contributed by atoms with Crippen LogP contribution in [0.15, 0.2) is 18.2 Å². The number of hydrogen-bond donors (Lipinski definition) is 2. The van der Waals surface area contributed by atoms with Gasteiger partial charge in [-0.1, -0.05) is 19.4 Å². The molecule has 0 saturated carbocycles. The van der Waals surface area contributed by atoms with E-state index in [1.165, 1.54) is 18.2 Å². The number of benzene rings is 1. The first-order chi connectivity index (χ1) is 17.9. The maximum absolute atomic E-state index is 12.4. The fourth-order valence-electron chi connectivity index (χ4n) is 3.21. The largest absolute Gasteiger partial charge is 0.514 e. The molecule has 2 unspecified atom stereocenters. The van der Waals surface area contributed by atoms with Crippen molar-refractivity contribution in [3.63, 3.8) is 0 Å². The zero-order chi connectivity index (χ0) is 30.0. The Kier molecular flexibility index (Phi) is 12.5. The standard InChI is InChI=1S/C27H41NO11/c1-9-10-13-34-23(31)35-16(2)14-18(21(28)22(29)30)17-11-12-19(36-24(32)38-26(3,4)5)20(15-17)37-25(33)39-27(6,7)8/h11-12,15-16,18,21H,9-10,13-14,28H2,1-8H3,(H,29,30)/t16?,18?,21-/m0/s1. The smallest absolute Gasteiger partial charge is 0.480 e. The van der Waals surface area contributed by atoms with Crippen molar-refractivity contribution >= 4 is 24.4 Å². The van der Waals surface area contributed by atoms with Gasteiger partial charge in [-0.15, -0.1) is 0 Å². The van der Waals surface area contributed by atoms with Crippen LogP contribution in [0.5, 0.6) is 11.5 Å².